The normalized spacial score (nSPS) is 14.2. The SMILES string of the molecule is Cc1c(C(=O)Oc2ccccc2)oc2c1/C(=N/NC(=O)c1ccccc1O)CCC2. The summed E-state index contributed by atoms with van der Waals surface area (Å²) >= 11 is 0. The number of aromatic hydroxyl groups is 1. The Hall–Kier alpha value is -3.87. The number of aryl methyl sites for hydroxylation is 1. The molecule has 1 heterocycles. The monoisotopic (exact) mass is 404 g/mol. The van der Waals surface area contributed by atoms with Gasteiger partial charge in [-0.05, 0) is 44.0 Å². The van der Waals surface area contributed by atoms with Crippen LogP contribution in [0.5, 0.6) is 11.5 Å². The highest BCUT2D eigenvalue weighted by Crippen LogP contribution is 2.30. The van der Waals surface area contributed by atoms with Gasteiger partial charge in [0.25, 0.3) is 5.91 Å². The number of carbonyl (C=O) groups is 2. The Bertz CT molecular complexity index is 1130. The van der Waals surface area contributed by atoms with Gasteiger partial charge >= 0.3 is 5.97 Å². The molecule has 0 fully saturated rings. The van der Waals surface area contributed by atoms with Gasteiger partial charge in [-0.15, -0.1) is 0 Å². The first-order valence-electron chi connectivity index (χ1n) is 9.59. The van der Waals surface area contributed by atoms with Crippen LogP contribution >= 0.6 is 0 Å². The van der Waals surface area contributed by atoms with Gasteiger partial charge in [0.2, 0.25) is 5.76 Å². The van der Waals surface area contributed by atoms with E-state index in [-0.39, 0.29) is 17.1 Å². The molecule has 1 aliphatic rings. The van der Waals surface area contributed by atoms with E-state index in [1.807, 2.05) is 6.07 Å². The molecular weight excluding hydrogens is 384 g/mol. The quantitative estimate of drug-likeness (QED) is 0.389. The van der Waals surface area contributed by atoms with Crippen molar-refractivity contribution in [1.29, 1.82) is 0 Å². The molecule has 0 spiro atoms. The van der Waals surface area contributed by atoms with Crippen LogP contribution in [-0.4, -0.2) is 22.7 Å². The summed E-state index contributed by atoms with van der Waals surface area (Å²) in [5.74, 6) is -0.00635. The van der Waals surface area contributed by atoms with E-state index in [9.17, 15) is 14.7 Å². The molecule has 30 heavy (non-hydrogen) atoms. The number of esters is 1. The van der Waals surface area contributed by atoms with Crippen LogP contribution in [0, 0.1) is 6.92 Å². The molecule has 7 nitrogen and oxygen atoms in total. The van der Waals surface area contributed by atoms with Gasteiger partial charge in [-0.1, -0.05) is 30.3 Å². The van der Waals surface area contributed by atoms with Gasteiger partial charge in [-0.3, -0.25) is 4.79 Å². The lowest BCUT2D eigenvalue weighted by Gasteiger charge is -2.13. The molecule has 2 aromatic carbocycles. The van der Waals surface area contributed by atoms with E-state index in [1.165, 1.54) is 12.1 Å². The third-order valence-corrected chi connectivity index (χ3v) is 4.91. The van der Waals surface area contributed by atoms with Gasteiger partial charge in [0, 0.05) is 17.5 Å². The second kappa shape index (κ2) is 8.24. The third-order valence-electron chi connectivity index (χ3n) is 4.91. The number of hydrazone groups is 1. The minimum Gasteiger partial charge on any atom is -0.507 e. The molecule has 1 amide bonds. The molecular formula is C23H20N2O5. The fraction of sp³-hybridized carbons (Fsp3) is 0.174. The Labute approximate surface area is 173 Å². The van der Waals surface area contributed by atoms with E-state index in [0.717, 1.165) is 12.0 Å². The number of phenolic OH excluding ortho intramolecular Hbond substituents is 1. The van der Waals surface area contributed by atoms with Crippen LogP contribution in [0.4, 0.5) is 0 Å². The molecule has 152 valence electrons. The van der Waals surface area contributed by atoms with Crippen LogP contribution in [0.1, 0.15) is 50.6 Å². The van der Waals surface area contributed by atoms with E-state index < -0.39 is 11.9 Å². The van der Waals surface area contributed by atoms with E-state index in [4.69, 9.17) is 9.15 Å². The molecule has 7 heteroatoms. The fourth-order valence-electron chi connectivity index (χ4n) is 3.46. The Balaban J connectivity index is 1.58. The summed E-state index contributed by atoms with van der Waals surface area (Å²) in [6.45, 7) is 1.77. The van der Waals surface area contributed by atoms with E-state index in [1.54, 1.807) is 43.3 Å². The van der Waals surface area contributed by atoms with Crippen LogP contribution in [-0.2, 0) is 6.42 Å². The average molecular weight is 404 g/mol. The summed E-state index contributed by atoms with van der Waals surface area (Å²) in [5.41, 5.74) is 4.59. The number of hydrogen-bond donors (Lipinski definition) is 2. The minimum absolute atomic E-state index is 0.120. The first-order chi connectivity index (χ1) is 14.5. The number of nitrogens with one attached hydrogen (secondary N) is 1. The molecule has 0 atom stereocenters. The second-order valence-corrected chi connectivity index (χ2v) is 6.93. The number of benzene rings is 2. The van der Waals surface area contributed by atoms with Crippen molar-refractivity contribution >= 4 is 17.6 Å². The lowest BCUT2D eigenvalue weighted by Crippen LogP contribution is -2.22. The largest absolute Gasteiger partial charge is 0.507 e. The van der Waals surface area contributed by atoms with E-state index >= 15 is 0 Å². The van der Waals surface area contributed by atoms with Crippen LogP contribution < -0.4 is 10.2 Å². The molecule has 3 aromatic rings. The van der Waals surface area contributed by atoms with Crippen molar-refractivity contribution in [3.05, 3.63) is 82.8 Å². The predicted octanol–water partition coefficient (Wildman–Crippen LogP) is 3.98. The number of ether oxygens (including phenoxy) is 1. The fourth-order valence-corrected chi connectivity index (χ4v) is 3.46. The van der Waals surface area contributed by atoms with Gasteiger partial charge in [0.1, 0.15) is 17.3 Å². The standard InChI is InChI=1S/C23H20N2O5/c1-14-20-17(24-25-22(27)16-10-5-6-12-18(16)26)11-7-13-19(20)30-21(14)23(28)29-15-8-3-2-4-9-15/h2-6,8-10,12,26H,7,11,13H2,1H3,(H,25,27)/b24-17+. The maximum absolute atomic E-state index is 12.6. The summed E-state index contributed by atoms with van der Waals surface area (Å²) in [5, 5.41) is 14.1. The van der Waals surface area contributed by atoms with Crippen molar-refractivity contribution in [2.45, 2.75) is 26.2 Å². The predicted molar refractivity (Wildman–Crippen MR) is 110 cm³/mol. The topological polar surface area (TPSA) is 101 Å². The number of hydrogen-bond acceptors (Lipinski definition) is 6. The smallest absolute Gasteiger partial charge is 0.379 e. The molecule has 1 aliphatic carbocycles. The highest BCUT2D eigenvalue weighted by atomic mass is 16.5. The first-order valence-corrected chi connectivity index (χ1v) is 9.59. The van der Waals surface area contributed by atoms with Gasteiger partial charge in [0.15, 0.2) is 0 Å². The van der Waals surface area contributed by atoms with E-state index in [0.29, 0.717) is 35.6 Å². The van der Waals surface area contributed by atoms with Gasteiger partial charge in [0.05, 0.1) is 11.3 Å². The van der Waals surface area contributed by atoms with Gasteiger partial charge < -0.3 is 14.3 Å². The van der Waals surface area contributed by atoms with Crippen molar-refractivity contribution in [3.8, 4) is 11.5 Å². The molecule has 4 rings (SSSR count). The van der Waals surface area contributed by atoms with Crippen molar-refractivity contribution in [2.24, 2.45) is 5.10 Å². The molecule has 2 N–H and O–H groups in total. The van der Waals surface area contributed by atoms with E-state index in [2.05, 4.69) is 10.5 Å². The molecule has 0 saturated heterocycles. The minimum atomic E-state index is -0.578. The zero-order valence-electron chi connectivity index (χ0n) is 16.3. The zero-order valence-corrected chi connectivity index (χ0v) is 16.3. The Morgan fingerprint density at radius 3 is 2.57 bits per heavy atom. The first kappa shape index (κ1) is 19.4. The number of furan rings is 1. The van der Waals surface area contributed by atoms with Crippen LogP contribution in [0.15, 0.2) is 64.1 Å². The summed E-state index contributed by atoms with van der Waals surface area (Å²) in [7, 11) is 0. The molecule has 0 bridgehead atoms. The summed E-state index contributed by atoms with van der Waals surface area (Å²) in [6, 6.07) is 15.0. The number of fused-ring (bicyclic) bond motifs is 1. The summed E-state index contributed by atoms with van der Waals surface area (Å²) in [6.07, 6.45) is 2.07. The van der Waals surface area contributed by atoms with Crippen molar-refractivity contribution in [3.63, 3.8) is 0 Å². The summed E-state index contributed by atoms with van der Waals surface area (Å²) < 4.78 is 11.2. The molecule has 0 unspecified atom stereocenters. The Morgan fingerprint density at radius 1 is 1.07 bits per heavy atom. The number of para-hydroxylation sites is 2. The zero-order chi connectivity index (χ0) is 21.1. The van der Waals surface area contributed by atoms with Crippen molar-refractivity contribution in [1.82, 2.24) is 5.43 Å². The highest BCUT2D eigenvalue weighted by molar-refractivity contribution is 6.07. The number of amides is 1. The molecule has 0 aliphatic heterocycles. The number of nitrogens with zero attached hydrogens (tertiary/aromatic N) is 1. The third kappa shape index (κ3) is 3.82. The van der Waals surface area contributed by atoms with Crippen molar-refractivity contribution < 1.29 is 23.8 Å². The lowest BCUT2D eigenvalue weighted by atomic mass is 9.93. The highest BCUT2D eigenvalue weighted by Gasteiger charge is 2.29. The number of phenols is 1. The number of carbonyl (C=O) groups excluding carboxylic acids is 2. The lowest BCUT2D eigenvalue weighted by molar-refractivity contribution is 0.0698. The maximum Gasteiger partial charge on any atom is 0.379 e. The molecule has 0 radical (unpaired) electrons. The van der Waals surface area contributed by atoms with Crippen LogP contribution in [0.2, 0.25) is 0 Å². The molecule has 1 aromatic heterocycles. The van der Waals surface area contributed by atoms with Crippen molar-refractivity contribution in [2.75, 3.05) is 0 Å². The van der Waals surface area contributed by atoms with Gasteiger partial charge in [-0.2, -0.15) is 5.10 Å². The number of rotatable bonds is 4. The average Bonchev–Trinajstić information content (AvgIpc) is 3.10. The Morgan fingerprint density at radius 2 is 1.80 bits per heavy atom. The van der Waals surface area contributed by atoms with Gasteiger partial charge in [-0.25, -0.2) is 10.2 Å². The second-order valence-electron chi connectivity index (χ2n) is 6.93. The summed E-state index contributed by atoms with van der Waals surface area (Å²) in [4.78, 5) is 24.9. The molecule has 0 saturated carbocycles. The Kier molecular flexibility index (Phi) is 5.34. The maximum atomic E-state index is 12.6. The van der Waals surface area contributed by atoms with Crippen LogP contribution in [0.25, 0.3) is 0 Å². The van der Waals surface area contributed by atoms with Crippen LogP contribution in [0.3, 0.4) is 0 Å².